The summed E-state index contributed by atoms with van der Waals surface area (Å²) in [5, 5.41) is 0. The van der Waals surface area contributed by atoms with E-state index in [-0.39, 0.29) is 31.1 Å². The normalized spacial score (nSPS) is 13.0. The molecule has 0 heterocycles. The lowest BCUT2D eigenvalue weighted by atomic mass is 10.1. The minimum Gasteiger partial charge on any atom is -0.462 e. The molecule has 0 bridgehead atoms. The van der Waals surface area contributed by atoms with Gasteiger partial charge >= 0.3 is 17.9 Å². The van der Waals surface area contributed by atoms with Crippen LogP contribution in [0.3, 0.4) is 0 Å². The number of ether oxygens (including phenoxy) is 3. The van der Waals surface area contributed by atoms with Gasteiger partial charge in [-0.15, -0.1) is 0 Å². The van der Waals surface area contributed by atoms with Crippen molar-refractivity contribution in [2.75, 3.05) is 13.2 Å². The van der Waals surface area contributed by atoms with Crippen LogP contribution in [-0.2, 0) is 28.6 Å². The highest BCUT2D eigenvalue weighted by Crippen LogP contribution is 2.13. The zero-order valence-electron chi connectivity index (χ0n) is 42.0. The SMILES string of the molecule is CC\C=C/C=C\C=C/CCCCCCCC(=O)OCC(COC(=O)CCCCCCC\C=C/C=C\C=C/CCCCCCC)OC(=O)CCCCCCCC/C=C\C/C=C\C/C=C\CC. The van der Waals surface area contributed by atoms with Crippen molar-refractivity contribution in [2.45, 2.75) is 232 Å². The first-order valence-electron chi connectivity index (χ1n) is 26.5. The molecule has 0 radical (unpaired) electrons. The molecule has 0 aliphatic heterocycles. The zero-order valence-corrected chi connectivity index (χ0v) is 42.0. The first-order valence-corrected chi connectivity index (χ1v) is 26.5. The molecule has 6 heteroatoms. The molecule has 0 aliphatic rings. The maximum absolute atomic E-state index is 12.8. The van der Waals surface area contributed by atoms with Crippen molar-refractivity contribution >= 4 is 17.9 Å². The molecule has 0 N–H and O–H groups in total. The fraction of sp³-hybridized carbons (Fsp3) is 0.644. The molecule has 0 aromatic carbocycles. The Morgan fingerprint density at radius 1 is 0.338 bits per heavy atom. The Kier molecular flexibility index (Phi) is 49.5. The third-order valence-electron chi connectivity index (χ3n) is 10.9. The summed E-state index contributed by atoms with van der Waals surface area (Å²) in [5.41, 5.74) is 0. The number of allylic oxidation sites excluding steroid dienone is 18. The zero-order chi connectivity index (χ0) is 47.2. The molecule has 0 aromatic rings. The lowest BCUT2D eigenvalue weighted by Gasteiger charge is -2.18. The van der Waals surface area contributed by atoms with Crippen molar-refractivity contribution in [1.82, 2.24) is 0 Å². The minimum atomic E-state index is -0.804. The lowest BCUT2D eigenvalue weighted by Crippen LogP contribution is -2.30. The van der Waals surface area contributed by atoms with E-state index in [9.17, 15) is 14.4 Å². The molecular formula is C59H96O6. The van der Waals surface area contributed by atoms with Gasteiger partial charge in [-0.2, -0.15) is 0 Å². The van der Waals surface area contributed by atoms with Gasteiger partial charge in [0, 0.05) is 19.3 Å². The third kappa shape index (κ3) is 50.9. The highest BCUT2D eigenvalue weighted by Gasteiger charge is 2.19. The highest BCUT2D eigenvalue weighted by atomic mass is 16.6. The van der Waals surface area contributed by atoms with Gasteiger partial charge in [0.2, 0.25) is 0 Å². The van der Waals surface area contributed by atoms with Gasteiger partial charge in [-0.1, -0.05) is 220 Å². The summed E-state index contributed by atoms with van der Waals surface area (Å²) in [5.74, 6) is -0.959. The smallest absolute Gasteiger partial charge is 0.306 e. The largest absolute Gasteiger partial charge is 0.462 e. The van der Waals surface area contributed by atoms with Crippen LogP contribution in [0, 0.1) is 0 Å². The van der Waals surface area contributed by atoms with Crippen molar-refractivity contribution in [1.29, 1.82) is 0 Å². The third-order valence-corrected chi connectivity index (χ3v) is 10.9. The van der Waals surface area contributed by atoms with E-state index in [0.717, 1.165) is 141 Å². The van der Waals surface area contributed by atoms with Crippen molar-refractivity contribution < 1.29 is 28.6 Å². The molecule has 0 rings (SSSR count). The van der Waals surface area contributed by atoms with Crippen LogP contribution < -0.4 is 0 Å². The quantitative estimate of drug-likeness (QED) is 0.0199. The maximum Gasteiger partial charge on any atom is 0.306 e. The summed E-state index contributed by atoms with van der Waals surface area (Å²) in [7, 11) is 0. The molecule has 65 heavy (non-hydrogen) atoms. The molecular weight excluding hydrogens is 805 g/mol. The Labute approximate surface area is 400 Å². The second-order valence-electron chi connectivity index (χ2n) is 17.1. The van der Waals surface area contributed by atoms with Crippen LogP contribution >= 0.6 is 0 Å². The predicted molar refractivity (Wildman–Crippen MR) is 279 cm³/mol. The molecule has 0 fully saturated rings. The first kappa shape index (κ1) is 61.1. The summed E-state index contributed by atoms with van der Waals surface area (Å²) in [4.78, 5) is 38.0. The molecule has 1 atom stereocenters. The molecule has 0 aromatic heterocycles. The fourth-order valence-electron chi connectivity index (χ4n) is 6.93. The Hall–Kier alpha value is -3.93. The van der Waals surface area contributed by atoms with Gasteiger partial charge in [-0.3, -0.25) is 14.4 Å². The molecule has 0 amide bonds. The standard InChI is InChI=1S/C59H96O6/c1-4-7-10-13-16-19-22-25-27-29-30-32-34-37-40-43-46-49-52-58(61)64-55-56(54-63-57(60)51-48-45-42-39-36-33-24-21-18-15-12-9-6-3)65-59(62)53-50-47-44-41-38-35-31-28-26-23-20-17-14-11-8-5-2/h8-9,11-12,15,17-18,20-22,24-30,32,56H,4-7,10,13-14,16,19,23,31,33-55H2,1-3H3/b11-8-,12-9-,18-15-,20-17-,24-21-,25-22-,28-26-,29-27-,32-30-. The first-order chi connectivity index (χ1) is 32.0. The van der Waals surface area contributed by atoms with Crippen LogP contribution in [0.5, 0.6) is 0 Å². The van der Waals surface area contributed by atoms with Crippen LogP contribution in [0.1, 0.15) is 226 Å². The van der Waals surface area contributed by atoms with Crippen LogP contribution in [0.2, 0.25) is 0 Å². The number of hydrogen-bond acceptors (Lipinski definition) is 6. The van der Waals surface area contributed by atoms with Gasteiger partial charge < -0.3 is 14.2 Å². The number of carbonyl (C=O) groups is 3. The summed E-state index contributed by atoms with van der Waals surface area (Å²) < 4.78 is 16.8. The second kappa shape index (κ2) is 52.7. The summed E-state index contributed by atoms with van der Waals surface area (Å²) in [6.45, 7) is 6.32. The molecule has 368 valence electrons. The van der Waals surface area contributed by atoms with E-state index < -0.39 is 6.10 Å². The Balaban J connectivity index is 4.48. The molecule has 0 saturated heterocycles. The molecule has 0 spiro atoms. The van der Waals surface area contributed by atoms with Gasteiger partial charge in [0.15, 0.2) is 6.10 Å². The minimum absolute atomic E-state index is 0.103. The van der Waals surface area contributed by atoms with E-state index in [1.54, 1.807) is 0 Å². The molecule has 1 unspecified atom stereocenters. The Bertz CT molecular complexity index is 1360. The van der Waals surface area contributed by atoms with Crippen molar-refractivity contribution in [2.24, 2.45) is 0 Å². The Morgan fingerprint density at radius 2 is 0.677 bits per heavy atom. The Morgan fingerprint density at radius 3 is 1.11 bits per heavy atom. The van der Waals surface area contributed by atoms with Gasteiger partial charge in [0.25, 0.3) is 0 Å². The van der Waals surface area contributed by atoms with E-state index in [2.05, 4.69) is 130 Å². The summed E-state index contributed by atoms with van der Waals surface area (Å²) in [6.07, 6.45) is 70.7. The fourth-order valence-corrected chi connectivity index (χ4v) is 6.93. The van der Waals surface area contributed by atoms with E-state index in [0.29, 0.717) is 19.3 Å². The number of rotatable bonds is 46. The van der Waals surface area contributed by atoms with Gasteiger partial charge in [0.1, 0.15) is 13.2 Å². The number of unbranched alkanes of at least 4 members (excludes halogenated alkanes) is 21. The molecule has 6 nitrogen and oxygen atoms in total. The summed E-state index contributed by atoms with van der Waals surface area (Å²) in [6, 6.07) is 0. The van der Waals surface area contributed by atoms with Gasteiger partial charge in [0.05, 0.1) is 0 Å². The van der Waals surface area contributed by atoms with Crippen LogP contribution in [0.4, 0.5) is 0 Å². The van der Waals surface area contributed by atoms with Crippen molar-refractivity contribution in [3.05, 3.63) is 109 Å². The highest BCUT2D eigenvalue weighted by molar-refractivity contribution is 5.71. The van der Waals surface area contributed by atoms with Crippen molar-refractivity contribution in [3.63, 3.8) is 0 Å². The van der Waals surface area contributed by atoms with E-state index in [1.165, 1.54) is 44.9 Å². The number of carbonyl (C=O) groups excluding carboxylic acids is 3. The van der Waals surface area contributed by atoms with Crippen LogP contribution in [0.25, 0.3) is 0 Å². The second-order valence-corrected chi connectivity index (χ2v) is 17.1. The van der Waals surface area contributed by atoms with Gasteiger partial charge in [-0.05, 0) is 96.3 Å². The lowest BCUT2D eigenvalue weighted by molar-refractivity contribution is -0.167. The number of esters is 3. The van der Waals surface area contributed by atoms with E-state index >= 15 is 0 Å². The topological polar surface area (TPSA) is 78.9 Å². The molecule has 0 saturated carbocycles. The van der Waals surface area contributed by atoms with Crippen LogP contribution in [-0.4, -0.2) is 37.2 Å². The number of hydrogen-bond donors (Lipinski definition) is 0. The van der Waals surface area contributed by atoms with E-state index in [4.69, 9.17) is 14.2 Å². The molecule has 0 aliphatic carbocycles. The van der Waals surface area contributed by atoms with Crippen LogP contribution in [0.15, 0.2) is 109 Å². The summed E-state index contributed by atoms with van der Waals surface area (Å²) >= 11 is 0. The average Bonchev–Trinajstić information content (AvgIpc) is 3.30. The maximum atomic E-state index is 12.8. The van der Waals surface area contributed by atoms with Gasteiger partial charge in [-0.25, -0.2) is 0 Å². The van der Waals surface area contributed by atoms with E-state index in [1.807, 2.05) is 0 Å². The average molecular weight is 901 g/mol. The monoisotopic (exact) mass is 901 g/mol. The van der Waals surface area contributed by atoms with Crippen molar-refractivity contribution in [3.8, 4) is 0 Å². The predicted octanol–water partition coefficient (Wildman–Crippen LogP) is 17.5.